The van der Waals surface area contributed by atoms with Crippen molar-refractivity contribution in [2.24, 2.45) is 0 Å². The van der Waals surface area contributed by atoms with Crippen molar-refractivity contribution in [1.82, 2.24) is 14.8 Å². The zero-order valence-electron chi connectivity index (χ0n) is 7.39. The van der Waals surface area contributed by atoms with Gasteiger partial charge in [0.1, 0.15) is 12.1 Å². The molecular weight excluding hydrogens is 221 g/mol. The second-order valence-corrected chi connectivity index (χ2v) is 3.11. The van der Waals surface area contributed by atoms with Crippen LogP contribution in [-0.2, 0) is 0 Å². The van der Waals surface area contributed by atoms with E-state index in [0.29, 0.717) is 5.69 Å². The van der Waals surface area contributed by atoms with Gasteiger partial charge in [0.15, 0.2) is 0 Å². The molecule has 0 aliphatic carbocycles. The number of carbonyl (C=O) groups is 1. The number of benzene rings is 1. The summed E-state index contributed by atoms with van der Waals surface area (Å²) in [5.41, 5.74) is 0.605. The van der Waals surface area contributed by atoms with Crippen molar-refractivity contribution in [2.45, 2.75) is 0 Å². The quantitative estimate of drug-likeness (QED) is 0.732. The lowest BCUT2D eigenvalue weighted by atomic mass is 10.3. The lowest BCUT2D eigenvalue weighted by Crippen LogP contribution is -1.97. The largest absolute Gasteiger partial charge is 0.291 e. The predicted molar refractivity (Wildman–Crippen MR) is 51.5 cm³/mol. The molecule has 0 aliphatic heterocycles. The van der Waals surface area contributed by atoms with Crippen molar-refractivity contribution in [3.8, 4) is 5.69 Å². The first kappa shape index (κ1) is 9.79. The van der Waals surface area contributed by atoms with Gasteiger partial charge in [-0.05, 0) is 35.9 Å². The minimum atomic E-state index is -0.726. The molecule has 15 heavy (non-hydrogen) atoms. The molecule has 0 bridgehead atoms. The molecule has 0 atom stereocenters. The van der Waals surface area contributed by atoms with Crippen LogP contribution in [0.3, 0.4) is 0 Å². The Labute approximate surface area is 89.3 Å². The maximum absolute atomic E-state index is 12.6. The van der Waals surface area contributed by atoms with Crippen LogP contribution in [0.15, 0.2) is 30.6 Å². The van der Waals surface area contributed by atoms with E-state index in [9.17, 15) is 9.18 Å². The molecule has 0 radical (unpaired) electrons. The van der Waals surface area contributed by atoms with E-state index in [1.807, 2.05) is 0 Å². The average molecular weight is 226 g/mol. The third kappa shape index (κ3) is 2.02. The van der Waals surface area contributed by atoms with Crippen LogP contribution in [-0.4, -0.2) is 20.0 Å². The monoisotopic (exact) mass is 225 g/mol. The van der Waals surface area contributed by atoms with Gasteiger partial charge in [0.2, 0.25) is 5.82 Å². The van der Waals surface area contributed by atoms with E-state index in [0.717, 1.165) is 0 Å². The first-order chi connectivity index (χ1) is 7.16. The molecule has 0 saturated carbocycles. The molecule has 0 unspecified atom stereocenters. The summed E-state index contributed by atoms with van der Waals surface area (Å²) in [6, 6.07) is 5.62. The molecule has 0 spiro atoms. The number of halogens is 2. The van der Waals surface area contributed by atoms with E-state index < -0.39 is 5.24 Å². The molecule has 1 aromatic carbocycles. The van der Waals surface area contributed by atoms with Gasteiger partial charge in [0.25, 0.3) is 5.24 Å². The van der Waals surface area contributed by atoms with Crippen LogP contribution in [0.4, 0.5) is 4.39 Å². The Balaban J connectivity index is 2.37. The second-order valence-electron chi connectivity index (χ2n) is 2.76. The highest BCUT2D eigenvalue weighted by Gasteiger charge is 2.08. The van der Waals surface area contributed by atoms with Crippen LogP contribution >= 0.6 is 11.6 Å². The van der Waals surface area contributed by atoms with Crippen LogP contribution in [0.5, 0.6) is 0 Å². The van der Waals surface area contributed by atoms with Crippen LogP contribution in [0.25, 0.3) is 5.69 Å². The number of rotatable bonds is 2. The van der Waals surface area contributed by atoms with Crippen LogP contribution in [0, 0.1) is 5.82 Å². The molecule has 1 aromatic heterocycles. The summed E-state index contributed by atoms with van der Waals surface area (Å²) in [5, 5.41) is 3.09. The first-order valence-electron chi connectivity index (χ1n) is 4.04. The normalized spacial score (nSPS) is 10.3. The van der Waals surface area contributed by atoms with Crippen molar-refractivity contribution >= 4 is 16.8 Å². The molecule has 0 N–H and O–H groups in total. The highest BCUT2D eigenvalue weighted by atomic mass is 35.5. The summed E-state index contributed by atoms with van der Waals surface area (Å²) in [6.45, 7) is 0. The van der Waals surface area contributed by atoms with Crippen molar-refractivity contribution in [3.63, 3.8) is 0 Å². The minimum Gasteiger partial charge on any atom is -0.272 e. The van der Waals surface area contributed by atoms with Gasteiger partial charge >= 0.3 is 0 Å². The molecule has 0 saturated heterocycles. The molecule has 4 nitrogen and oxygen atoms in total. The molecule has 0 aliphatic rings. The number of hydrogen-bond acceptors (Lipinski definition) is 3. The van der Waals surface area contributed by atoms with Gasteiger partial charge in [-0.15, -0.1) is 5.10 Å². The van der Waals surface area contributed by atoms with Gasteiger partial charge in [-0.2, -0.15) is 0 Å². The van der Waals surface area contributed by atoms with Crippen LogP contribution < -0.4 is 0 Å². The van der Waals surface area contributed by atoms with Gasteiger partial charge in [0, 0.05) is 0 Å². The molecule has 2 rings (SSSR count). The predicted octanol–water partition coefficient (Wildman–Crippen LogP) is 1.79. The fraction of sp³-hybridized carbons (Fsp3) is 0. The highest BCUT2D eigenvalue weighted by Crippen LogP contribution is 2.07. The van der Waals surface area contributed by atoms with Gasteiger partial charge in [-0.1, -0.05) is 0 Å². The fourth-order valence-electron chi connectivity index (χ4n) is 1.07. The topological polar surface area (TPSA) is 47.8 Å². The molecule has 6 heteroatoms. The van der Waals surface area contributed by atoms with E-state index in [4.69, 9.17) is 11.6 Å². The summed E-state index contributed by atoms with van der Waals surface area (Å²) >= 11 is 5.19. The summed E-state index contributed by atoms with van der Waals surface area (Å²) in [6.07, 6.45) is 1.34. The van der Waals surface area contributed by atoms with Crippen LogP contribution in [0.1, 0.15) is 10.6 Å². The number of aromatic nitrogens is 3. The maximum Gasteiger partial charge on any atom is 0.291 e. The lowest BCUT2D eigenvalue weighted by molar-refractivity contribution is 0.107. The van der Waals surface area contributed by atoms with E-state index >= 15 is 0 Å². The van der Waals surface area contributed by atoms with Gasteiger partial charge in [-0.3, -0.25) is 4.79 Å². The van der Waals surface area contributed by atoms with Gasteiger partial charge in [0.05, 0.1) is 5.69 Å². The molecule has 76 valence electrons. The minimum absolute atomic E-state index is 0.0824. The second kappa shape index (κ2) is 3.78. The molecule has 0 fully saturated rings. The number of nitrogens with zero attached hydrogens (tertiary/aromatic N) is 3. The Morgan fingerprint density at radius 2 is 2.00 bits per heavy atom. The summed E-state index contributed by atoms with van der Waals surface area (Å²) in [5.74, 6) is -0.423. The van der Waals surface area contributed by atoms with Crippen molar-refractivity contribution < 1.29 is 9.18 Å². The Morgan fingerprint density at radius 3 is 2.53 bits per heavy atom. The van der Waals surface area contributed by atoms with Crippen LogP contribution in [0.2, 0.25) is 0 Å². The van der Waals surface area contributed by atoms with E-state index in [1.54, 1.807) is 0 Å². The zero-order chi connectivity index (χ0) is 10.8. The van der Waals surface area contributed by atoms with Gasteiger partial charge in [-0.25, -0.2) is 14.1 Å². The summed E-state index contributed by atoms with van der Waals surface area (Å²) in [7, 11) is 0. The Bertz CT molecular complexity index is 494. The standard InChI is InChI=1S/C9H5ClFN3O/c10-8(15)9-12-5-14(13-9)7-3-1-6(11)2-4-7/h1-5H. The van der Waals surface area contributed by atoms with Crippen molar-refractivity contribution in [2.75, 3.05) is 0 Å². The van der Waals surface area contributed by atoms with E-state index in [2.05, 4.69) is 10.1 Å². The number of hydrogen-bond donors (Lipinski definition) is 0. The molecule has 2 aromatic rings. The lowest BCUT2D eigenvalue weighted by Gasteiger charge is -1.98. The molecule has 1 heterocycles. The Morgan fingerprint density at radius 1 is 1.33 bits per heavy atom. The van der Waals surface area contributed by atoms with Crippen molar-refractivity contribution in [3.05, 3.63) is 42.2 Å². The van der Waals surface area contributed by atoms with E-state index in [1.165, 1.54) is 35.3 Å². The SMILES string of the molecule is O=C(Cl)c1ncn(-c2ccc(F)cc2)n1. The first-order valence-corrected chi connectivity index (χ1v) is 4.42. The fourth-order valence-corrected chi connectivity index (χ4v) is 1.16. The maximum atomic E-state index is 12.6. The molecule has 0 amide bonds. The highest BCUT2D eigenvalue weighted by molar-refractivity contribution is 6.67. The Kier molecular flexibility index (Phi) is 2.47. The third-order valence-corrected chi connectivity index (χ3v) is 1.93. The van der Waals surface area contributed by atoms with Gasteiger partial charge < -0.3 is 0 Å². The number of carbonyl (C=O) groups excluding carboxylic acids is 1. The Hall–Kier alpha value is -1.75. The average Bonchev–Trinajstić information content (AvgIpc) is 2.68. The van der Waals surface area contributed by atoms with E-state index in [-0.39, 0.29) is 11.6 Å². The zero-order valence-corrected chi connectivity index (χ0v) is 8.15. The summed E-state index contributed by atoms with van der Waals surface area (Å²) < 4.78 is 14.0. The smallest absolute Gasteiger partial charge is 0.272 e. The summed E-state index contributed by atoms with van der Waals surface area (Å²) in [4.78, 5) is 14.4. The van der Waals surface area contributed by atoms with Crippen molar-refractivity contribution in [1.29, 1.82) is 0 Å². The molecular formula is C9H5ClFN3O. The third-order valence-electron chi connectivity index (χ3n) is 1.76.